The molecule has 0 unspecified atom stereocenters. The lowest BCUT2D eigenvalue weighted by Crippen LogP contribution is -2.38. The van der Waals surface area contributed by atoms with E-state index < -0.39 is 23.5 Å². The molecule has 0 bridgehead atoms. The van der Waals surface area contributed by atoms with Gasteiger partial charge in [0.1, 0.15) is 11.6 Å². The first-order valence-corrected chi connectivity index (χ1v) is 7.70. The highest BCUT2D eigenvalue weighted by atomic mass is 32.1. The second-order valence-electron chi connectivity index (χ2n) is 5.21. The largest absolute Gasteiger partial charge is 0.497 e. The quantitative estimate of drug-likeness (QED) is 0.622. The minimum atomic E-state index is -4.65. The van der Waals surface area contributed by atoms with Crippen LogP contribution >= 0.6 is 12.2 Å². The van der Waals surface area contributed by atoms with E-state index in [2.05, 4.69) is 10.6 Å². The van der Waals surface area contributed by atoms with Crippen LogP contribution in [0.15, 0.2) is 42.5 Å². The van der Waals surface area contributed by atoms with Gasteiger partial charge in [-0.15, -0.1) is 0 Å². The summed E-state index contributed by atoms with van der Waals surface area (Å²) < 4.78 is 56.4. The summed E-state index contributed by atoms with van der Waals surface area (Å²) in [6.45, 7) is -0.178. The zero-order valence-corrected chi connectivity index (χ0v) is 14.3. The highest BCUT2D eigenvalue weighted by Crippen LogP contribution is 2.30. The second kappa shape index (κ2) is 8.13. The fourth-order valence-electron chi connectivity index (χ4n) is 2.06. The van der Waals surface area contributed by atoms with Gasteiger partial charge >= 0.3 is 6.18 Å². The number of rotatable bonds is 4. The van der Waals surface area contributed by atoms with E-state index in [0.717, 1.165) is 12.1 Å². The number of hydrogen-bond acceptors (Lipinski definition) is 3. The van der Waals surface area contributed by atoms with Gasteiger partial charge in [0, 0.05) is 12.1 Å². The van der Waals surface area contributed by atoms with Crippen LogP contribution < -0.4 is 15.4 Å². The minimum Gasteiger partial charge on any atom is -0.497 e. The topological polar surface area (TPSA) is 50.4 Å². The number of hydrogen-bond donors (Lipinski definition) is 2. The van der Waals surface area contributed by atoms with Crippen molar-refractivity contribution < 1.29 is 27.1 Å². The lowest BCUT2D eigenvalue weighted by Gasteiger charge is -2.12. The maximum Gasteiger partial charge on any atom is 0.416 e. The number of alkyl halides is 3. The summed E-state index contributed by atoms with van der Waals surface area (Å²) in [5.41, 5.74) is -0.735. The van der Waals surface area contributed by atoms with E-state index in [1.165, 1.54) is 19.2 Å². The standard InChI is InChI=1S/C17H14F4N2O2S/c1-25-14-4-2-11(3-5-14)15(24)23-16(26)22-9-10-6-12(17(19,20)21)8-13(18)7-10/h2-8H,9H2,1H3,(H2,22,23,24,26). The van der Waals surface area contributed by atoms with Crippen LogP contribution in [0.25, 0.3) is 0 Å². The summed E-state index contributed by atoms with van der Waals surface area (Å²) in [5.74, 6) is -0.931. The molecule has 0 aliphatic rings. The molecule has 2 N–H and O–H groups in total. The van der Waals surface area contributed by atoms with Crippen molar-refractivity contribution in [1.82, 2.24) is 10.6 Å². The van der Waals surface area contributed by atoms with Crippen LogP contribution in [-0.4, -0.2) is 18.1 Å². The molecule has 0 aliphatic heterocycles. The van der Waals surface area contributed by atoms with Gasteiger partial charge in [-0.25, -0.2) is 4.39 Å². The molecular weight excluding hydrogens is 372 g/mol. The number of nitrogens with one attached hydrogen (secondary N) is 2. The van der Waals surface area contributed by atoms with Crippen LogP contribution in [0.1, 0.15) is 21.5 Å². The third-order valence-corrected chi connectivity index (χ3v) is 3.56. The smallest absolute Gasteiger partial charge is 0.416 e. The van der Waals surface area contributed by atoms with Crippen molar-refractivity contribution in [2.24, 2.45) is 0 Å². The molecule has 2 aromatic rings. The fraction of sp³-hybridized carbons (Fsp3) is 0.176. The van der Waals surface area contributed by atoms with Crippen molar-refractivity contribution in [3.8, 4) is 5.75 Å². The molecule has 0 heterocycles. The normalized spacial score (nSPS) is 11.0. The summed E-state index contributed by atoms with van der Waals surface area (Å²) in [7, 11) is 1.49. The zero-order valence-electron chi connectivity index (χ0n) is 13.5. The van der Waals surface area contributed by atoms with E-state index >= 15 is 0 Å². The Bertz CT molecular complexity index is 807. The maximum absolute atomic E-state index is 13.3. The van der Waals surface area contributed by atoms with Gasteiger partial charge in [-0.3, -0.25) is 10.1 Å². The van der Waals surface area contributed by atoms with Gasteiger partial charge in [-0.05, 0) is 60.2 Å². The van der Waals surface area contributed by atoms with Crippen LogP contribution in [0.4, 0.5) is 17.6 Å². The molecule has 0 radical (unpaired) electrons. The Hall–Kier alpha value is -2.68. The molecule has 1 amide bonds. The molecule has 2 aromatic carbocycles. The Labute approximate surface area is 152 Å². The van der Waals surface area contributed by atoms with Crippen molar-refractivity contribution in [2.45, 2.75) is 12.7 Å². The number of benzene rings is 2. The molecule has 0 saturated carbocycles. The van der Waals surface area contributed by atoms with Gasteiger partial charge in [0.15, 0.2) is 5.11 Å². The molecule has 2 rings (SSSR count). The molecule has 4 nitrogen and oxygen atoms in total. The highest BCUT2D eigenvalue weighted by Gasteiger charge is 2.31. The third-order valence-electron chi connectivity index (χ3n) is 3.32. The van der Waals surface area contributed by atoms with Crippen molar-refractivity contribution in [2.75, 3.05) is 7.11 Å². The predicted octanol–water partition coefficient (Wildman–Crippen LogP) is 3.66. The Kier molecular flexibility index (Phi) is 6.14. The number of methoxy groups -OCH3 is 1. The van der Waals surface area contributed by atoms with Crippen molar-refractivity contribution in [3.05, 3.63) is 65.0 Å². The number of carbonyl (C=O) groups excluding carboxylic acids is 1. The fourth-order valence-corrected chi connectivity index (χ4v) is 2.23. The summed E-state index contributed by atoms with van der Waals surface area (Å²) in [5, 5.41) is 4.86. The molecule has 0 fully saturated rings. The van der Waals surface area contributed by atoms with E-state index in [1.54, 1.807) is 12.1 Å². The van der Waals surface area contributed by atoms with Gasteiger partial charge in [0.2, 0.25) is 0 Å². The van der Waals surface area contributed by atoms with Crippen LogP contribution in [0.3, 0.4) is 0 Å². The minimum absolute atomic E-state index is 0.0402. The van der Waals surface area contributed by atoms with Crippen molar-refractivity contribution in [3.63, 3.8) is 0 Å². The first kappa shape index (κ1) is 19.6. The Morgan fingerprint density at radius 1 is 1.15 bits per heavy atom. The van der Waals surface area contributed by atoms with E-state index in [0.29, 0.717) is 17.4 Å². The van der Waals surface area contributed by atoms with Crippen molar-refractivity contribution in [1.29, 1.82) is 0 Å². The van der Waals surface area contributed by atoms with E-state index in [4.69, 9.17) is 17.0 Å². The number of thiocarbonyl (C=S) groups is 1. The number of amides is 1. The zero-order chi connectivity index (χ0) is 19.3. The summed E-state index contributed by atoms with van der Waals surface area (Å²) in [6, 6.07) is 8.42. The van der Waals surface area contributed by atoms with Gasteiger partial charge in [-0.2, -0.15) is 13.2 Å². The molecule has 0 atom stereocenters. The second-order valence-corrected chi connectivity index (χ2v) is 5.62. The molecular formula is C17H14F4N2O2S. The summed E-state index contributed by atoms with van der Waals surface area (Å²) >= 11 is 4.93. The summed E-state index contributed by atoms with van der Waals surface area (Å²) in [6.07, 6.45) is -4.65. The van der Waals surface area contributed by atoms with Crippen LogP contribution in [0.5, 0.6) is 5.75 Å². The molecule has 0 aromatic heterocycles. The van der Waals surface area contributed by atoms with Crippen LogP contribution in [0.2, 0.25) is 0 Å². The number of carbonyl (C=O) groups is 1. The lowest BCUT2D eigenvalue weighted by atomic mass is 10.1. The molecule has 26 heavy (non-hydrogen) atoms. The Balaban J connectivity index is 1.96. The number of ether oxygens (including phenoxy) is 1. The number of halogens is 4. The van der Waals surface area contributed by atoms with Crippen LogP contribution in [0, 0.1) is 5.82 Å². The average Bonchev–Trinajstić information content (AvgIpc) is 2.59. The van der Waals surface area contributed by atoms with E-state index in [9.17, 15) is 22.4 Å². The summed E-state index contributed by atoms with van der Waals surface area (Å²) in [4.78, 5) is 12.0. The van der Waals surface area contributed by atoms with Crippen molar-refractivity contribution >= 4 is 23.2 Å². The maximum atomic E-state index is 13.3. The first-order chi connectivity index (χ1) is 12.2. The third kappa shape index (κ3) is 5.41. The molecule has 0 aliphatic carbocycles. The molecule has 0 spiro atoms. The van der Waals surface area contributed by atoms with Gasteiger partial charge in [-0.1, -0.05) is 0 Å². The Morgan fingerprint density at radius 3 is 2.38 bits per heavy atom. The molecule has 0 saturated heterocycles. The van der Waals surface area contributed by atoms with Gasteiger partial charge < -0.3 is 10.1 Å². The Morgan fingerprint density at radius 2 is 1.81 bits per heavy atom. The van der Waals surface area contributed by atoms with E-state index in [-0.39, 0.29) is 17.2 Å². The van der Waals surface area contributed by atoms with E-state index in [1.807, 2.05) is 0 Å². The van der Waals surface area contributed by atoms with Crippen LogP contribution in [-0.2, 0) is 12.7 Å². The highest BCUT2D eigenvalue weighted by molar-refractivity contribution is 7.80. The monoisotopic (exact) mass is 386 g/mol. The van der Waals surface area contributed by atoms with Gasteiger partial charge in [0.05, 0.1) is 12.7 Å². The average molecular weight is 386 g/mol. The molecule has 138 valence electrons. The lowest BCUT2D eigenvalue weighted by molar-refractivity contribution is -0.137. The van der Waals surface area contributed by atoms with Gasteiger partial charge in [0.25, 0.3) is 5.91 Å². The molecule has 9 heteroatoms. The first-order valence-electron chi connectivity index (χ1n) is 7.29. The predicted molar refractivity (Wildman–Crippen MR) is 91.3 cm³/mol. The SMILES string of the molecule is COc1ccc(C(=O)NC(=S)NCc2cc(F)cc(C(F)(F)F)c2)cc1.